The number of carboxylic acids is 1. The second-order valence-corrected chi connectivity index (χ2v) is 6.09. The number of halogens is 1. The van der Waals surface area contributed by atoms with Gasteiger partial charge in [-0.1, -0.05) is 0 Å². The summed E-state index contributed by atoms with van der Waals surface area (Å²) in [6.45, 7) is 1.48. The second kappa shape index (κ2) is 5.56. The van der Waals surface area contributed by atoms with Crippen molar-refractivity contribution in [2.75, 3.05) is 0 Å². The van der Waals surface area contributed by atoms with Crippen LogP contribution in [0.25, 0.3) is 0 Å². The SMILES string of the molecule is CC(CC(=O)O)NS(=O)(=O)c1cncc(Br)c1. The third-order valence-electron chi connectivity index (χ3n) is 1.83. The average Bonchev–Trinajstić information content (AvgIpc) is 2.15. The molecule has 0 saturated carbocycles. The maximum atomic E-state index is 11.8. The number of aliphatic carboxylic acids is 1. The highest BCUT2D eigenvalue weighted by molar-refractivity contribution is 9.10. The summed E-state index contributed by atoms with van der Waals surface area (Å²) in [5.41, 5.74) is 0. The number of sulfonamides is 1. The van der Waals surface area contributed by atoms with Crippen molar-refractivity contribution < 1.29 is 18.3 Å². The van der Waals surface area contributed by atoms with E-state index in [1.54, 1.807) is 0 Å². The normalized spacial score (nSPS) is 13.3. The Hall–Kier alpha value is -0.990. The lowest BCUT2D eigenvalue weighted by Crippen LogP contribution is -2.34. The second-order valence-electron chi connectivity index (χ2n) is 3.46. The van der Waals surface area contributed by atoms with Crippen LogP contribution in [0.5, 0.6) is 0 Å². The predicted octanol–water partition coefficient (Wildman–Crippen LogP) is 0.986. The van der Waals surface area contributed by atoms with Gasteiger partial charge in [0.2, 0.25) is 10.0 Å². The summed E-state index contributed by atoms with van der Waals surface area (Å²) in [4.78, 5) is 14.2. The molecule has 0 saturated heterocycles. The number of nitrogens with zero attached hydrogens (tertiary/aromatic N) is 1. The van der Waals surface area contributed by atoms with Crippen LogP contribution in [0.2, 0.25) is 0 Å². The molecule has 1 aromatic rings. The van der Waals surface area contributed by atoms with Gasteiger partial charge in [-0.25, -0.2) is 13.1 Å². The van der Waals surface area contributed by atoms with Gasteiger partial charge < -0.3 is 5.11 Å². The molecule has 0 aliphatic rings. The molecule has 8 heteroatoms. The molecule has 1 unspecified atom stereocenters. The van der Waals surface area contributed by atoms with Crippen molar-refractivity contribution in [2.24, 2.45) is 0 Å². The van der Waals surface area contributed by atoms with Crippen LogP contribution in [0, 0.1) is 0 Å². The summed E-state index contributed by atoms with van der Waals surface area (Å²) in [5, 5.41) is 8.54. The summed E-state index contributed by atoms with van der Waals surface area (Å²) >= 11 is 3.11. The van der Waals surface area contributed by atoms with Gasteiger partial charge in [0.1, 0.15) is 4.90 Å². The van der Waals surface area contributed by atoms with E-state index >= 15 is 0 Å². The van der Waals surface area contributed by atoms with Crippen molar-refractivity contribution in [3.8, 4) is 0 Å². The third kappa shape index (κ3) is 4.41. The predicted molar refractivity (Wildman–Crippen MR) is 64.0 cm³/mol. The van der Waals surface area contributed by atoms with Crippen LogP contribution in [-0.2, 0) is 14.8 Å². The largest absolute Gasteiger partial charge is 0.481 e. The summed E-state index contributed by atoms with van der Waals surface area (Å²) < 4.78 is 26.4. The van der Waals surface area contributed by atoms with Gasteiger partial charge in [-0.2, -0.15) is 0 Å². The van der Waals surface area contributed by atoms with E-state index in [4.69, 9.17) is 5.11 Å². The molecular formula is C9H11BrN2O4S. The Bertz CT molecular complexity index is 517. The molecule has 0 fully saturated rings. The van der Waals surface area contributed by atoms with Crippen LogP contribution in [0.4, 0.5) is 0 Å². The molecule has 1 rings (SSSR count). The summed E-state index contributed by atoms with van der Waals surface area (Å²) in [6, 6.07) is 0.708. The Balaban J connectivity index is 2.86. The fraction of sp³-hybridized carbons (Fsp3) is 0.333. The van der Waals surface area contributed by atoms with Gasteiger partial charge >= 0.3 is 5.97 Å². The monoisotopic (exact) mass is 322 g/mol. The van der Waals surface area contributed by atoms with Gasteiger partial charge in [0.15, 0.2) is 0 Å². The number of carbonyl (C=O) groups is 1. The minimum atomic E-state index is -3.73. The van der Waals surface area contributed by atoms with Crippen LogP contribution in [-0.4, -0.2) is 30.5 Å². The van der Waals surface area contributed by atoms with Gasteiger partial charge in [-0.3, -0.25) is 9.78 Å². The van der Waals surface area contributed by atoms with Gasteiger partial charge in [0, 0.05) is 22.9 Å². The first-order chi connectivity index (χ1) is 7.81. The number of hydrogen-bond donors (Lipinski definition) is 2. The number of pyridine rings is 1. The molecule has 0 aliphatic carbocycles. The van der Waals surface area contributed by atoms with Gasteiger partial charge in [0.05, 0.1) is 6.42 Å². The molecular weight excluding hydrogens is 312 g/mol. The molecule has 1 aromatic heterocycles. The molecule has 0 amide bonds. The molecule has 2 N–H and O–H groups in total. The highest BCUT2D eigenvalue weighted by Crippen LogP contribution is 2.14. The van der Waals surface area contributed by atoms with Crippen molar-refractivity contribution in [3.05, 3.63) is 22.9 Å². The van der Waals surface area contributed by atoms with Crippen LogP contribution >= 0.6 is 15.9 Å². The summed E-state index contributed by atoms with van der Waals surface area (Å²) in [6.07, 6.45) is 2.38. The molecule has 94 valence electrons. The Labute approximate surface area is 107 Å². The Morgan fingerprint density at radius 2 is 2.24 bits per heavy atom. The minimum Gasteiger partial charge on any atom is -0.481 e. The van der Waals surface area contributed by atoms with Gasteiger partial charge in [-0.05, 0) is 28.9 Å². The first-order valence-electron chi connectivity index (χ1n) is 4.66. The van der Waals surface area contributed by atoms with Crippen LogP contribution < -0.4 is 4.72 Å². The molecule has 0 radical (unpaired) electrons. The van der Waals surface area contributed by atoms with Crippen LogP contribution in [0.1, 0.15) is 13.3 Å². The molecule has 0 spiro atoms. The number of aromatic nitrogens is 1. The summed E-state index contributed by atoms with van der Waals surface area (Å²) in [5.74, 6) is -1.06. The number of nitrogens with one attached hydrogen (secondary N) is 1. The lowest BCUT2D eigenvalue weighted by atomic mass is 10.3. The molecule has 17 heavy (non-hydrogen) atoms. The fourth-order valence-electron chi connectivity index (χ4n) is 1.18. The standard InChI is InChI=1S/C9H11BrN2O4S/c1-6(2-9(13)14)12-17(15,16)8-3-7(10)4-11-5-8/h3-6,12H,2H2,1H3,(H,13,14). The first kappa shape index (κ1) is 14.1. The van der Waals surface area contributed by atoms with E-state index in [9.17, 15) is 13.2 Å². The van der Waals surface area contributed by atoms with Crippen molar-refractivity contribution in [1.82, 2.24) is 9.71 Å². The lowest BCUT2D eigenvalue weighted by Gasteiger charge is -2.11. The van der Waals surface area contributed by atoms with Crippen molar-refractivity contribution in [1.29, 1.82) is 0 Å². The zero-order valence-electron chi connectivity index (χ0n) is 8.92. The van der Waals surface area contributed by atoms with E-state index < -0.39 is 22.0 Å². The number of hydrogen-bond acceptors (Lipinski definition) is 4. The molecule has 0 aliphatic heterocycles. The highest BCUT2D eigenvalue weighted by atomic mass is 79.9. The first-order valence-corrected chi connectivity index (χ1v) is 6.93. The van der Waals surface area contributed by atoms with E-state index in [1.807, 2.05) is 0 Å². The minimum absolute atomic E-state index is 0.0101. The molecule has 1 atom stereocenters. The van der Waals surface area contributed by atoms with Crippen molar-refractivity contribution >= 4 is 31.9 Å². The maximum absolute atomic E-state index is 11.8. The van der Waals surface area contributed by atoms with Crippen molar-refractivity contribution in [3.63, 3.8) is 0 Å². The smallest absolute Gasteiger partial charge is 0.304 e. The van der Waals surface area contributed by atoms with E-state index in [0.717, 1.165) is 0 Å². The molecule has 0 aromatic carbocycles. The van der Waals surface area contributed by atoms with Crippen LogP contribution in [0.3, 0.4) is 0 Å². The fourth-order valence-corrected chi connectivity index (χ4v) is 2.92. The molecule has 1 heterocycles. The molecule has 0 bridgehead atoms. The van der Waals surface area contributed by atoms with E-state index in [-0.39, 0.29) is 11.3 Å². The van der Waals surface area contributed by atoms with E-state index in [1.165, 1.54) is 25.4 Å². The van der Waals surface area contributed by atoms with Gasteiger partial charge in [-0.15, -0.1) is 0 Å². The Morgan fingerprint density at radius 3 is 2.76 bits per heavy atom. The quantitative estimate of drug-likeness (QED) is 0.842. The zero-order chi connectivity index (χ0) is 13.1. The molecule has 6 nitrogen and oxygen atoms in total. The van der Waals surface area contributed by atoms with E-state index in [2.05, 4.69) is 25.6 Å². The average molecular weight is 323 g/mol. The third-order valence-corrected chi connectivity index (χ3v) is 3.82. The van der Waals surface area contributed by atoms with Crippen LogP contribution in [0.15, 0.2) is 27.8 Å². The number of rotatable bonds is 5. The van der Waals surface area contributed by atoms with Crippen molar-refractivity contribution in [2.45, 2.75) is 24.3 Å². The van der Waals surface area contributed by atoms with E-state index in [0.29, 0.717) is 4.47 Å². The number of carboxylic acid groups (broad SMARTS) is 1. The zero-order valence-corrected chi connectivity index (χ0v) is 11.3. The highest BCUT2D eigenvalue weighted by Gasteiger charge is 2.19. The summed E-state index contributed by atoms with van der Waals surface area (Å²) in [7, 11) is -3.73. The Kier molecular flexibility index (Phi) is 4.61. The Morgan fingerprint density at radius 1 is 1.59 bits per heavy atom. The topological polar surface area (TPSA) is 96.4 Å². The lowest BCUT2D eigenvalue weighted by molar-refractivity contribution is -0.137. The maximum Gasteiger partial charge on any atom is 0.304 e. The van der Waals surface area contributed by atoms with Gasteiger partial charge in [0.25, 0.3) is 0 Å².